The molecule has 7 nitrogen and oxygen atoms in total. The van der Waals surface area contributed by atoms with Gasteiger partial charge in [0.25, 0.3) is 5.91 Å². The first-order valence-electron chi connectivity index (χ1n) is 14.1. The van der Waals surface area contributed by atoms with Gasteiger partial charge in [-0.05, 0) is 71.6 Å². The number of hydrogen-bond acceptors (Lipinski definition) is 6. The summed E-state index contributed by atoms with van der Waals surface area (Å²) < 4.78 is 22.4. The molecule has 4 rings (SSSR count). The van der Waals surface area contributed by atoms with Crippen LogP contribution in [0.15, 0.2) is 103 Å². The van der Waals surface area contributed by atoms with Gasteiger partial charge in [-0.1, -0.05) is 67.9 Å². The maximum absolute atomic E-state index is 13.0. The minimum absolute atomic E-state index is 0.279. The van der Waals surface area contributed by atoms with Gasteiger partial charge in [0.05, 0.1) is 13.7 Å². The summed E-state index contributed by atoms with van der Waals surface area (Å²) in [5.74, 6) is 1.30. The fraction of sp³-hybridized carbons (Fsp3) is 0.257. The predicted octanol–water partition coefficient (Wildman–Crippen LogP) is 6.54. The average Bonchev–Trinajstić information content (AvgIpc) is 3.04. The van der Waals surface area contributed by atoms with E-state index in [4.69, 9.17) is 18.9 Å². The van der Waals surface area contributed by atoms with E-state index in [2.05, 4.69) is 12.2 Å². The van der Waals surface area contributed by atoms with E-state index >= 15 is 0 Å². The Morgan fingerprint density at radius 2 is 1.19 bits per heavy atom. The molecule has 0 aromatic heterocycles. The molecule has 42 heavy (non-hydrogen) atoms. The number of nitrogens with one attached hydrogen (secondary N) is 1. The minimum atomic E-state index is -0.844. The van der Waals surface area contributed by atoms with Gasteiger partial charge in [-0.3, -0.25) is 4.79 Å². The number of rotatable bonds is 15. The van der Waals surface area contributed by atoms with E-state index in [-0.39, 0.29) is 12.3 Å². The van der Waals surface area contributed by atoms with Crippen molar-refractivity contribution in [2.75, 3.05) is 13.7 Å². The highest BCUT2D eigenvalue weighted by atomic mass is 16.5. The van der Waals surface area contributed by atoms with Gasteiger partial charge in [0.1, 0.15) is 36.5 Å². The normalized spacial score (nSPS) is 11.3. The predicted molar refractivity (Wildman–Crippen MR) is 162 cm³/mol. The van der Waals surface area contributed by atoms with Crippen molar-refractivity contribution in [1.82, 2.24) is 5.32 Å². The second-order valence-corrected chi connectivity index (χ2v) is 9.83. The third-order valence-corrected chi connectivity index (χ3v) is 6.61. The SMILES string of the molecule is CCCCOc1ccc(COc2ccc(C(=O)N[C@@H](Cc3ccc(OCc4ccccc4)cc3)C(=O)OC)cc2)cc1. The van der Waals surface area contributed by atoms with Crippen LogP contribution in [-0.2, 0) is 29.2 Å². The molecule has 0 aliphatic heterocycles. The molecule has 4 aromatic rings. The Hall–Kier alpha value is -4.78. The molecule has 0 aliphatic carbocycles. The van der Waals surface area contributed by atoms with Crippen molar-refractivity contribution >= 4 is 11.9 Å². The van der Waals surface area contributed by atoms with E-state index in [0.717, 1.165) is 41.0 Å². The summed E-state index contributed by atoms with van der Waals surface area (Å²) in [7, 11) is 1.31. The summed E-state index contributed by atoms with van der Waals surface area (Å²) in [6.45, 7) is 3.70. The number of carbonyl (C=O) groups is 2. The van der Waals surface area contributed by atoms with Crippen LogP contribution in [0.5, 0.6) is 17.2 Å². The minimum Gasteiger partial charge on any atom is -0.494 e. The number of methoxy groups -OCH3 is 1. The standard InChI is InChI=1S/C35H37NO6/c1-3-4-22-40-30-18-12-28(13-19-30)25-42-32-20-14-29(15-21-32)34(37)36-33(35(38)39-2)23-26-10-16-31(17-11-26)41-24-27-8-6-5-7-9-27/h5-21,33H,3-4,22-25H2,1-2H3,(H,36,37)/t33-/m0/s1. The molecule has 0 heterocycles. The first-order chi connectivity index (χ1) is 20.5. The van der Waals surface area contributed by atoms with Crippen molar-refractivity contribution in [1.29, 1.82) is 0 Å². The van der Waals surface area contributed by atoms with Crippen LogP contribution >= 0.6 is 0 Å². The molecule has 0 saturated carbocycles. The largest absolute Gasteiger partial charge is 0.494 e. The summed E-state index contributed by atoms with van der Waals surface area (Å²) in [6.07, 6.45) is 2.40. The number of amides is 1. The highest BCUT2D eigenvalue weighted by molar-refractivity contribution is 5.96. The van der Waals surface area contributed by atoms with Crippen LogP contribution in [0.2, 0.25) is 0 Å². The molecular formula is C35H37NO6. The number of benzene rings is 4. The van der Waals surface area contributed by atoms with Crippen LogP contribution in [0.4, 0.5) is 0 Å². The van der Waals surface area contributed by atoms with Crippen LogP contribution in [0.25, 0.3) is 0 Å². The topological polar surface area (TPSA) is 83.1 Å². The molecule has 1 N–H and O–H groups in total. The Labute approximate surface area is 247 Å². The Morgan fingerprint density at radius 1 is 0.667 bits per heavy atom. The smallest absolute Gasteiger partial charge is 0.328 e. The highest BCUT2D eigenvalue weighted by Gasteiger charge is 2.23. The molecule has 1 atom stereocenters. The maximum Gasteiger partial charge on any atom is 0.328 e. The fourth-order valence-corrected chi connectivity index (χ4v) is 4.16. The van der Waals surface area contributed by atoms with Crippen LogP contribution in [0.3, 0.4) is 0 Å². The lowest BCUT2D eigenvalue weighted by Gasteiger charge is -2.17. The van der Waals surface area contributed by atoms with Crippen LogP contribution in [-0.4, -0.2) is 31.6 Å². The summed E-state index contributed by atoms with van der Waals surface area (Å²) in [5.41, 5.74) is 3.36. The summed E-state index contributed by atoms with van der Waals surface area (Å²) in [4.78, 5) is 25.4. The first kappa shape index (κ1) is 30.2. The first-order valence-corrected chi connectivity index (χ1v) is 14.1. The van der Waals surface area contributed by atoms with E-state index < -0.39 is 12.0 Å². The van der Waals surface area contributed by atoms with Gasteiger partial charge in [-0.2, -0.15) is 0 Å². The Bertz CT molecular complexity index is 1390. The van der Waals surface area contributed by atoms with E-state index in [1.807, 2.05) is 78.9 Å². The van der Waals surface area contributed by atoms with Gasteiger partial charge in [-0.25, -0.2) is 4.79 Å². The zero-order valence-corrected chi connectivity index (χ0v) is 24.1. The molecule has 7 heteroatoms. The van der Waals surface area contributed by atoms with Crippen molar-refractivity contribution in [3.05, 3.63) is 125 Å². The second kappa shape index (κ2) is 15.9. The summed E-state index contributed by atoms with van der Waals surface area (Å²) in [6, 6.07) is 31.2. The number of esters is 1. The van der Waals surface area contributed by atoms with Gasteiger partial charge >= 0.3 is 5.97 Å². The van der Waals surface area contributed by atoms with Crippen LogP contribution < -0.4 is 19.5 Å². The van der Waals surface area contributed by atoms with E-state index in [0.29, 0.717) is 31.1 Å². The third kappa shape index (κ3) is 9.41. The monoisotopic (exact) mass is 567 g/mol. The van der Waals surface area contributed by atoms with Gasteiger partial charge in [0, 0.05) is 12.0 Å². The van der Waals surface area contributed by atoms with Gasteiger partial charge in [0.15, 0.2) is 0 Å². The van der Waals surface area contributed by atoms with Crippen molar-refractivity contribution in [2.45, 2.75) is 45.4 Å². The zero-order chi connectivity index (χ0) is 29.6. The molecule has 0 spiro atoms. The molecular weight excluding hydrogens is 530 g/mol. The Morgan fingerprint density at radius 3 is 1.76 bits per heavy atom. The van der Waals surface area contributed by atoms with E-state index in [9.17, 15) is 9.59 Å². The van der Waals surface area contributed by atoms with Crippen molar-refractivity contribution in [3.63, 3.8) is 0 Å². The van der Waals surface area contributed by atoms with Gasteiger partial charge in [-0.15, -0.1) is 0 Å². The molecule has 0 radical (unpaired) electrons. The quantitative estimate of drug-likeness (QED) is 0.130. The Balaban J connectivity index is 1.28. The zero-order valence-electron chi connectivity index (χ0n) is 24.1. The maximum atomic E-state index is 13.0. The second-order valence-electron chi connectivity index (χ2n) is 9.83. The molecule has 0 unspecified atom stereocenters. The van der Waals surface area contributed by atoms with Crippen molar-refractivity contribution in [3.8, 4) is 17.2 Å². The molecule has 4 aromatic carbocycles. The van der Waals surface area contributed by atoms with Gasteiger partial charge < -0.3 is 24.3 Å². The molecule has 0 aliphatic rings. The van der Waals surface area contributed by atoms with Crippen molar-refractivity contribution in [2.24, 2.45) is 0 Å². The lowest BCUT2D eigenvalue weighted by atomic mass is 10.0. The lowest BCUT2D eigenvalue weighted by Crippen LogP contribution is -2.43. The van der Waals surface area contributed by atoms with E-state index in [1.165, 1.54) is 7.11 Å². The average molecular weight is 568 g/mol. The Kier molecular flexibility index (Phi) is 11.4. The number of ether oxygens (including phenoxy) is 4. The fourth-order valence-electron chi connectivity index (χ4n) is 4.16. The molecule has 1 amide bonds. The molecule has 0 saturated heterocycles. The number of hydrogen-bond donors (Lipinski definition) is 1. The summed E-state index contributed by atoms with van der Waals surface area (Å²) in [5, 5.41) is 2.80. The molecule has 0 bridgehead atoms. The van der Waals surface area contributed by atoms with Gasteiger partial charge in [0.2, 0.25) is 0 Å². The van der Waals surface area contributed by atoms with Crippen LogP contribution in [0.1, 0.15) is 46.8 Å². The lowest BCUT2D eigenvalue weighted by molar-refractivity contribution is -0.142. The van der Waals surface area contributed by atoms with E-state index in [1.54, 1.807) is 24.3 Å². The number of unbranched alkanes of at least 4 members (excludes halogenated alkanes) is 1. The highest BCUT2D eigenvalue weighted by Crippen LogP contribution is 2.18. The van der Waals surface area contributed by atoms with Crippen molar-refractivity contribution < 1.29 is 28.5 Å². The number of carbonyl (C=O) groups excluding carboxylic acids is 2. The third-order valence-electron chi connectivity index (χ3n) is 6.61. The van der Waals surface area contributed by atoms with Crippen LogP contribution in [0, 0.1) is 0 Å². The molecule has 0 fully saturated rings. The molecule has 218 valence electrons. The summed E-state index contributed by atoms with van der Waals surface area (Å²) >= 11 is 0.